The Morgan fingerprint density at radius 3 is 2.63 bits per heavy atom. The molecule has 0 aliphatic heterocycles. The number of hydrogen-bond donors (Lipinski definition) is 1. The molecule has 1 heterocycles. The monoisotopic (exact) mass is 333 g/mol. The fourth-order valence-electron chi connectivity index (χ4n) is 1.93. The molecule has 0 fully saturated rings. The molecule has 1 aromatic rings. The Kier molecular flexibility index (Phi) is 7.60. The normalized spacial score (nSPS) is 12.9. The summed E-state index contributed by atoms with van der Waals surface area (Å²) in [5.41, 5.74) is 2.30. The van der Waals surface area contributed by atoms with Gasteiger partial charge in [-0.3, -0.25) is 4.68 Å². The maximum atomic E-state index is 5.32. The fourth-order valence-corrected chi connectivity index (χ4v) is 2.64. The number of methoxy groups -OCH3 is 2. The van der Waals surface area contributed by atoms with E-state index in [1.54, 1.807) is 14.2 Å². The number of rotatable bonds is 9. The van der Waals surface area contributed by atoms with Crippen molar-refractivity contribution in [1.29, 1.82) is 0 Å². The van der Waals surface area contributed by atoms with E-state index in [0.717, 1.165) is 36.2 Å². The van der Waals surface area contributed by atoms with Gasteiger partial charge in [-0.1, -0.05) is 6.92 Å². The van der Waals surface area contributed by atoms with E-state index in [1.165, 1.54) is 5.69 Å². The highest BCUT2D eigenvalue weighted by Crippen LogP contribution is 2.22. The Morgan fingerprint density at radius 2 is 2.11 bits per heavy atom. The van der Waals surface area contributed by atoms with Crippen molar-refractivity contribution in [1.82, 2.24) is 15.1 Å². The highest BCUT2D eigenvalue weighted by atomic mass is 79.9. The Hall–Kier alpha value is -0.430. The molecular weight excluding hydrogens is 310 g/mol. The summed E-state index contributed by atoms with van der Waals surface area (Å²) in [4.78, 5) is 0. The van der Waals surface area contributed by atoms with Gasteiger partial charge in [0.15, 0.2) is 0 Å². The Labute approximate surface area is 123 Å². The van der Waals surface area contributed by atoms with E-state index in [-0.39, 0.29) is 6.10 Å². The zero-order chi connectivity index (χ0) is 14.3. The molecule has 0 spiro atoms. The average Bonchev–Trinajstić information content (AvgIpc) is 2.74. The van der Waals surface area contributed by atoms with Crippen molar-refractivity contribution >= 4 is 15.9 Å². The van der Waals surface area contributed by atoms with Crippen molar-refractivity contribution in [3.8, 4) is 0 Å². The first-order valence-electron chi connectivity index (χ1n) is 6.64. The zero-order valence-corrected chi connectivity index (χ0v) is 13.8. The van der Waals surface area contributed by atoms with Crippen LogP contribution in [-0.2, 0) is 29.0 Å². The molecule has 1 N–H and O–H groups in total. The van der Waals surface area contributed by atoms with Gasteiger partial charge in [0.2, 0.25) is 0 Å². The topological polar surface area (TPSA) is 48.3 Å². The van der Waals surface area contributed by atoms with Crippen LogP contribution < -0.4 is 5.32 Å². The van der Waals surface area contributed by atoms with Crippen LogP contribution in [0.25, 0.3) is 0 Å². The van der Waals surface area contributed by atoms with Crippen molar-refractivity contribution in [3.63, 3.8) is 0 Å². The van der Waals surface area contributed by atoms with Gasteiger partial charge >= 0.3 is 0 Å². The number of aryl methyl sites for hydroxylation is 2. The molecule has 0 amide bonds. The number of hydrogen-bond acceptors (Lipinski definition) is 4. The third-order valence-corrected chi connectivity index (χ3v) is 3.96. The second-order valence-corrected chi connectivity index (χ2v) is 5.11. The largest absolute Gasteiger partial charge is 0.382 e. The first-order valence-corrected chi connectivity index (χ1v) is 7.43. The third kappa shape index (κ3) is 4.56. The Morgan fingerprint density at radius 1 is 1.37 bits per heavy atom. The molecule has 0 radical (unpaired) electrons. The van der Waals surface area contributed by atoms with Crippen molar-refractivity contribution in [3.05, 3.63) is 15.9 Å². The fraction of sp³-hybridized carbons (Fsp3) is 0.769. The van der Waals surface area contributed by atoms with Crippen LogP contribution >= 0.6 is 15.9 Å². The highest BCUT2D eigenvalue weighted by molar-refractivity contribution is 9.10. The summed E-state index contributed by atoms with van der Waals surface area (Å²) >= 11 is 3.64. The van der Waals surface area contributed by atoms with Crippen LogP contribution in [0.5, 0.6) is 0 Å². The molecule has 0 saturated carbocycles. The van der Waals surface area contributed by atoms with Gasteiger partial charge in [-0.05, 0) is 29.3 Å². The molecule has 0 aliphatic carbocycles. The van der Waals surface area contributed by atoms with Crippen LogP contribution in [0.1, 0.15) is 25.2 Å². The second-order valence-electron chi connectivity index (χ2n) is 4.32. The maximum absolute atomic E-state index is 5.32. The van der Waals surface area contributed by atoms with E-state index in [4.69, 9.17) is 9.47 Å². The predicted molar refractivity (Wildman–Crippen MR) is 79.4 cm³/mol. The lowest BCUT2D eigenvalue weighted by Crippen LogP contribution is -2.32. The summed E-state index contributed by atoms with van der Waals surface area (Å²) in [6, 6.07) is 0. The summed E-state index contributed by atoms with van der Waals surface area (Å²) in [7, 11) is 3.38. The molecule has 1 atom stereocenters. The summed E-state index contributed by atoms with van der Waals surface area (Å²) in [5.74, 6) is 0. The van der Waals surface area contributed by atoms with Crippen molar-refractivity contribution in [2.24, 2.45) is 0 Å². The second kappa shape index (κ2) is 8.68. The molecule has 1 unspecified atom stereocenters. The van der Waals surface area contributed by atoms with Crippen molar-refractivity contribution in [2.45, 2.75) is 39.5 Å². The van der Waals surface area contributed by atoms with Crippen LogP contribution in [0.4, 0.5) is 0 Å². The molecule has 1 aromatic heterocycles. The van der Waals surface area contributed by atoms with Gasteiger partial charge in [0, 0.05) is 33.9 Å². The minimum Gasteiger partial charge on any atom is -0.382 e. The molecule has 0 saturated heterocycles. The third-order valence-electron chi connectivity index (χ3n) is 3.04. The molecule has 5 nitrogen and oxygen atoms in total. The van der Waals surface area contributed by atoms with E-state index in [2.05, 4.69) is 40.2 Å². The van der Waals surface area contributed by atoms with Gasteiger partial charge in [0.05, 0.1) is 28.6 Å². The molecule has 19 heavy (non-hydrogen) atoms. The van der Waals surface area contributed by atoms with Crippen LogP contribution in [-0.4, -0.2) is 43.3 Å². The van der Waals surface area contributed by atoms with Crippen LogP contribution in [0.2, 0.25) is 0 Å². The summed E-state index contributed by atoms with van der Waals surface area (Å²) in [5, 5.41) is 7.97. The lowest BCUT2D eigenvalue weighted by Gasteiger charge is -2.15. The van der Waals surface area contributed by atoms with Gasteiger partial charge in [-0.2, -0.15) is 5.10 Å². The number of ether oxygens (including phenoxy) is 2. The minimum atomic E-state index is 0.0763. The molecule has 1 rings (SSSR count). The van der Waals surface area contributed by atoms with Crippen LogP contribution in [0.15, 0.2) is 4.47 Å². The van der Waals surface area contributed by atoms with E-state index in [9.17, 15) is 0 Å². The summed E-state index contributed by atoms with van der Waals surface area (Å²) in [6.45, 7) is 7.21. The standard InChI is InChI=1S/C13H24BrN3O2/c1-5-11-13(14)12(17(6-2)16-11)8-15-7-10(19-4)9-18-3/h10,15H,5-9H2,1-4H3. The van der Waals surface area contributed by atoms with Crippen molar-refractivity contribution in [2.75, 3.05) is 27.4 Å². The van der Waals surface area contributed by atoms with Gasteiger partial charge < -0.3 is 14.8 Å². The zero-order valence-electron chi connectivity index (χ0n) is 12.2. The van der Waals surface area contributed by atoms with E-state index >= 15 is 0 Å². The van der Waals surface area contributed by atoms with Crippen LogP contribution in [0, 0.1) is 0 Å². The van der Waals surface area contributed by atoms with Gasteiger partial charge in [-0.25, -0.2) is 0 Å². The number of nitrogens with one attached hydrogen (secondary N) is 1. The number of aromatic nitrogens is 2. The Bertz CT molecular complexity index is 382. The minimum absolute atomic E-state index is 0.0763. The smallest absolute Gasteiger partial charge is 0.0928 e. The lowest BCUT2D eigenvalue weighted by molar-refractivity contribution is 0.0287. The van der Waals surface area contributed by atoms with Gasteiger partial charge in [0.1, 0.15) is 0 Å². The van der Waals surface area contributed by atoms with E-state index in [1.807, 2.05) is 4.68 Å². The maximum Gasteiger partial charge on any atom is 0.0928 e. The molecular formula is C13H24BrN3O2. The lowest BCUT2D eigenvalue weighted by atomic mass is 10.3. The first-order chi connectivity index (χ1) is 9.17. The van der Waals surface area contributed by atoms with E-state index < -0.39 is 0 Å². The number of halogens is 1. The summed E-state index contributed by atoms with van der Waals surface area (Å²) < 4.78 is 13.6. The molecule has 0 aromatic carbocycles. The predicted octanol–water partition coefficient (Wildman–Crippen LogP) is 1.98. The molecule has 6 heteroatoms. The quantitative estimate of drug-likeness (QED) is 0.750. The Balaban J connectivity index is 2.59. The SMILES string of the molecule is CCc1nn(CC)c(CNCC(COC)OC)c1Br. The first kappa shape index (κ1) is 16.6. The summed E-state index contributed by atoms with van der Waals surface area (Å²) in [6.07, 6.45) is 1.01. The highest BCUT2D eigenvalue weighted by Gasteiger charge is 2.14. The van der Waals surface area contributed by atoms with Crippen LogP contribution in [0.3, 0.4) is 0 Å². The molecule has 0 bridgehead atoms. The number of nitrogens with zero attached hydrogens (tertiary/aromatic N) is 2. The van der Waals surface area contributed by atoms with Gasteiger partial charge in [0.25, 0.3) is 0 Å². The van der Waals surface area contributed by atoms with Crippen molar-refractivity contribution < 1.29 is 9.47 Å². The average molecular weight is 334 g/mol. The van der Waals surface area contributed by atoms with Gasteiger partial charge in [-0.15, -0.1) is 0 Å². The molecule has 0 aliphatic rings. The van der Waals surface area contributed by atoms with E-state index in [0.29, 0.717) is 6.61 Å². The molecule has 110 valence electrons.